The second-order valence-corrected chi connectivity index (χ2v) is 9.17. The van der Waals surface area contributed by atoms with Crippen LogP contribution in [0.5, 0.6) is 0 Å². The number of piperazine rings is 1. The Morgan fingerprint density at radius 3 is 2.57 bits per heavy atom. The molecule has 1 amide bonds. The number of halogens is 1. The number of hydrogen-bond donors (Lipinski definition) is 1. The number of hydrazine groups is 1. The van der Waals surface area contributed by atoms with E-state index in [1.54, 1.807) is 11.3 Å². The van der Waals surface area contributed by atoms with E-state index in [0.29, 0.717) is 10.6 Å². The van der Waals surface area contributed by atoms with E-state index in [2.05, 4.69) is 37.3 Å². The van der Waals surface area contributed by atoms with Crippen molar-refractivity contribution in [2.24, 2.45) is 0 Å². The van der Waals surface area contributed by atoms with Gasteiger partial charge in [-0.05, 0) is 51.2 Å². The molecule has 0 unspecified atom stereocenters. The van der Waals surface area contributed by atoms with Crippen LogP contribution < -0.4 is 5.43 Å². The second kappa shape index (κ2) is 7.79. The lowest BCUT2D eigenvalue weighted by Gasteiger charge is -2.32. The van der Waals surface area contributed by atoms with Crippen molar-refractivity contribution in [1.29, 1.82) is 0 Å². The van der Waals surface area contributed by atoms with Gasteiger partial charge in [-0.3, -0.25) is 10.2 Å². The smallest absolute Gasteiger partial charge is 0.266 e. The fourth-order valence-corrected chi connectivity index (χ4v) is 4.64. The van der Waals surface area contributed by atoms with Crippen LogP contribution in [-0.4, -0.2) is 54.0 Å². The molecule has 146 valence electrons. The van der Waals surface area contributed by atoms with Gasteiger partial charge in [0.05, 0.1) is 16.8 Å². The number of fused-ring (bicyclic) bond motifs is 1. The molecule has 4 rings (SSSR count). The van der Waals surface area contributed by atoms with Gasteiger partial charge < -0.3 is 4.90 Å². The number of pyridine rings is 1. The normalized spacial score (nSPS) is 15.9. The van der Waals surface area contributed by atoms with Gasteiger partial charge in [0.2, 0.25) is 0 Å². The van der Waals surface area contributed by atoms with Crippen LogP contribution in [0.25, 0.3) is 22.2 Å². The summed E-state index contributed by atoms with van der Waals surface area (Å²) in [5.74, 6) is -0.120. The summed E-state index contributed by atoms with van der Waals surface area (Å²) < 4.78 is 0. The molecule has 1 aromatic carbocycles. The molecule has 3 aromatic rings. The van der Waals surface area contributed by atoms with Crippen molar-refractivity contribution in [3.05, 3.63) is 50.7 Å². The lowest BCUT2D eigenvalue weighted by atomic mass is 10.0. The number of thiophene rings is 1. The molecule has 0 spiro atoms. The molecule has 0 bridgehead atoms. The van der Waals surface area contributed by atoms with Crippen molar-refractivity contribution in [2.45, 2.75) is 13.8 Å². The molecule has 0 atom stereocenters. The number of aromatic nitrogens is 1. The van der Waals surface area contributed by atoms with Gasteiger partial charge in [0.1, 0.15) is 0 Å². The molecule has 0 radical (unpaired) electrons. The van der Waals surface area contributed by atoms with Crippen molar-refractivity contribution in [2.75, 3.05) is 33.2 Å². The van der Waals surface area contributed by atoms with Gasteiger partial charge in [-0.1, -0.05) is 11.6 Å². The van der Waals surface area contributed by atoms with E-state index in [1.807, 2.05) is 29.3 Å². The predicted molar refractivity (Wildman–Crippen MR) is 116 cm³/mol. The van der Waals surface area contributed by atoms with E-state index in [9.17, 15) is 4.79 Å². The first-order valence-corrected chi connectivity index (χ1v) is 10.5. The van der Waals surface area contributed by atoms with Crippen molar-refractivity contribution < 1.29 is 4.79 Å². The number of rotatable bonds is 3. The summed E-state index contributed by atoms with van der Waals surface area (Å²) in [6, 6.07) is 9.53. The van der Waals surface area contributed by atoms with Gasteiger partial charge in [0.25, 0.3) is 5.91 Å². The summed E-state index contributed by atoms with van der Waals surface area (Å²) in [7, 11) is 2.09. The average Bonchev–Trinajstić information content (AvgIpc) is 3.01. The van der Waals surface area contributed by atoms with Gasteiger partial charge in [0, 0.05) is 51.9 Å². The minimum absolute atomic E-state index is 0.120. The Kier molecular flexibility index (Phi) is 5.38. The Labute approximate surface area is 173 Å². The third-order valence-electron chi connectivity index (χ3n) is 5.10. The zero-order valence-corrected chi connectivity index (χ0v) is 17.8. The lowest BCUT2D eigenvalue weighted by molar-refractivity contribution is 0.0664. The first kappa shape index (κ1) is 19.3. The highest BCUT2D eigenvalue weighted by atomic mass is 35.5. The SMILES string of the molecule is Cc1cc(-c2cc(C(=O)NN3CCN(C)CC3)c3cc(Cl)ccc3n2)c(C)s1. The predicted octanol–water partition coefficient (Wildman–Crippen LogP) is 4.13. The maximum Gasteiger partial charge on any atom is 0.266 e. The molecular formula is C21H23ClN4OS. The number of benzene rings is 1. The first-order valence-electron chi connectivity index (χ1n) is 9.33. The number of aryl methyl sites for hydroxylation is 2. The fraction of sp³-hybridized carbons (Fsp3) is 0.333. The van der Waals surface area contributed by atoms with Crippen LogP contribution in [-0.2, 0) is 0 Å². The number of carbonyl (C=O) groups is 1. The minimum Gasteiger partial charge on any atom is -0.304 e. The highest BCUT2D eigenvalue weighted by molar-refractivity contribution is 7.12. The summed E-state index contributed by atoms with van der Waals surface area (Å²) in [4.78, 5) is 22.6. The van der Waals surface area contributed by atoms with Gasteiger partial charge in [-0.25, -0.2) is 9.99 Å². The molecule has 3 heterocycles. The van der Waals surface area contributed by atoms with Gasteiger partial charge in [0.15, 0.2) is 0 Å². The number of carbonyl (C=O) groups excluding carboxylic acids is 1. The molecular weight excluding hydrogens is 392 g/mol. The number of nitrogens with one attached hydrogen (secondary N) is 1. The zero-order chi connectivity index (χ0) is 19.8. The number of amides is 1. The number of likely N-dealkylation sites (N-methyl/N-ethyl adjacent to an activating group) is 1. The summed E-state index contributed by atoms with van der Waals surface area (Å²) in [6.45, 7) is 7.65. The van der Waals surface area contributed by atoms with Gasteiger partial charge in [-0.2, -0.15) is 0 Å². The Bertz CT molecular complexity index is 1040. The van der Waals surface area contributed by atoms with E-state index in [0.717, 1.165) is 48.3 Å². The molecule has 1 fully saturated rings. The number of hydrogen-bond acceptors (Lipinski definition) is 5. The molecule has 1 aliphatic heterocycles. The van der Waals surface area contributed by atoms with Crippen molar-refractivity contribution in [3.63, 3.8) is 0 Å². The van der Waals surface area contributed by atoms with E-state index in [-0.39, 0.29) is 5.91 Å². The number of nitrogens with zero attached hydrogens (tertiary/aromatic N) is 3. The van der Waals surface area contributed by atoms with Gasteiger partial charge in [-0.15, -0.1) is 11.3 Å². The molecule has 0 aliphatic carbocycles. The Morgan fingerprint density at radius 2 is 1.89 bits per heavy atom. The first-order chi connectivity index (χ1) is 13.4. The van der Waals surface area contributed by atoms with Crippen LogP contribution in [0, 0.1) is 13.8 Å². The van der Waals surface area contributed by atoms with E-state index in [4.69, 9.17) is 16.6 Å². The zero-order valence-electron chi connectivity index (χ0n) is 16.3. The van der Waals surface area contributed by atoms with Crippen molar-refractivity contribution in [3.8, 4) is 11.3 Å². The standard InChI is InChI=1S/C21H23ClN4OS/c1-13-10-16(14(2)28-13)20-12-18(17-11-15(22)4-5-19(17)23-20)21(27)24-26-8-6-25(3)7-9-26/h4-5,10-12H,6-9H2,1-3H3,(H,24,27). The van der Waals surface area contributed by atoms with Crippen LogP contribution in [0.15, 0.2) is 30.3 Å². The maximum absolute atomic E-state index is 13.2. The van der Waals surface area contributed by atoms with Crippen LogP contribution in [0.3, 0.4) is 0 Å². The molecule has 1 saturated heterocycles. The summed E-state index contributed by atoms with van der Waals surface area (Å²) in [5.41, 5.74) is 6.34. The molecule has 5 nitrogen and oxygen atoms in total. The van der Waals surface area contributed by atoms with Crippen LogP contribution >= 0.6 is 22.9 Å². The largest absolute Gasteiger partial charge is 0.304 e. The Hall–Kier alpha value is -1.99. The van der Waals surface area contributed by atoms with Crippen LogP contribution in [0.4, 0.5) is 0 Å². The van der Waals surface area contributed by atoms with Crippen LogP contribution in [0.2, 0.25) is 5.02 Å². The Morgan fingerprint density at radius 1 is 1.14 bits per heavy atom. The van der Waals surface area contributed by atoms with Crippen molar-refractivity contribution in [1.82, 2.24) is 20.3 Å². The molecule has 28 heavy (non-hydrogen) atoms. The second-order valence-electron chi connectivity index (χ2n) is 7.27. The third kappa shape index (κ3) is 3.91. The molecule has 1 aliphatic rings. The Balaban J connectivity index is 1.75. The molecule has 0 saturated carbocycles. The topological polar surface area (TPSA) is 48.5 Å². The van der Waals surface area contributed by atoms with E-state index in [1.165, 1.54) is 9.75 Å². The quantitative estimate of drug-likeness (QED) is 0.700. The maximum atomic E-state index is 13.2. The highest BCUT2D eigenvalue weighted by Crippen LogP contribution is 2.32. The van der Waals surface area contributed by atoms with Crippen molar-refractivity contribution >= 4 is 39.7 Å². The minimum atomic E-state index is -0.120. The summed E-state index contributed by atoms with van der Waals surface area (Å²) in [5, 5.41) is 3.35. The van der Waals surface area contributed by atoms with Gasteiger partial charge >= 0.3 is 0 Å². The van der Waals surface area contributed by atoms with Crippen LogP contribution in [0.1, 0.15) is 20.1 Å². The fourth-order valence-electron chi connectivity index (χ4n) is 3.53. The molecule has 2 aromatic heterocycles. The molecule has 1 N–H and O–H groups in total. The lowest BCUT2D eigenvalue weighted by Crippen LogP contribution is -2.52. The molecule has 7 heteroatoms. The van der Waals surface area contributed by atoms with E-state index >= 15 is 0 Å². The summed E-state index contributed by atoms with van der Waals surface area (Å²) in [6.07, 6.45) is 0. The third-order valence-corrected chi connectivity index (χ3v) is 6.30. The van der Waals surface area contributed by atoms with E-state index < -0.39 is 0 Å². The average molecular weight is 415 g/mol. The monoisotopic (exact) mass is 414 g/mol. The summed E-state index contributed by atoms with van der Waals surface area (Å²) >= 11 is 7.96. The highest BCUT2D eigenvalue weighted by Gasteiger charge is 2.20.